The molecule has 2 atom stereocenters. The number of nitrogens with zero attached hydrogens (tertiary/aromatic N) is 1. The second kappa shape index (κ2) is 5.04. The van der Waals surface area contributed by atoms with Crippen LogP contribution in [0.4, 0.5) is 0 Å². The molecule has 5 nitrogen and oxygen atoms in total. The zero-order valence-electron chi connectivity index (χ0n) is 11.0. The van der Waals surface area contributed by atoms with Gasteiger partial charge in [0.15, 0.2) is 0 Å². The molecule has 0 aromatic rings. The van der Waals surface area contributed by atoms with E-state index in [9.17, 15) is 9.59 Å². The summed E-state index contributed by atoms with van der Waals surface area (Å²) in [5, 5.41) is 0. The Morgan fingerprint density at radius 3 is 2.53 bits per heavy atom. The summed E-state index contributed by atoms with van der Waals surface area (Å²) in [6.45, 7) is 7.75. The monoisotopic (exact) mass is 242 g/mol. The lowest BCUT2D eigenvalue weighted by Gasteiger charge is -2.29. The Bertz CT molecular complexity index is 309. The minimum atomic E-state index is -0.532. The highest BCUT2D eigenvalue weighted by atomic mass is 16.6. The van der Waals surface area contributed by atoms with Crippen LogP contribution in [0, 0.1) is 0 Å². The van der Waals surface area contributed by atoms with Crippen LogP contribution in [0.5, 0.6) is 0 Å². The van der Waals surface area contributed by atoms with Crippen LogP contribution in [0.3, 0.4) is 0 Å². The predicted molar refractivity (Wildman–Crippen MR) is 64.2 cm³/mol. The van der Waals surface area contributed by atoms with E-state index < -0.39 is 11.6 Å². The van der Waals surface area contributed by atoms with Crippen LogP contribution < -0.4 is 5.73 Å². The van der Waals surface area contributed by atoms with Crippen molar-refractivity contribution in [3.8, 4) is 0 Å². The van der Waals surface area contributed by atoms with E-state index in [1.807, 2.05) is 27.7 Å². The Kier molecular flexibility index (Phi) is 4.14. The summed E-state index contributed by atoms with van der Waals surface area (Å²) in [5.74, 6) is -0.405. The number of hydrogen-bond donors (Lipinski definition) is 1. The summed E-state index contributed by atoms with van der Waals surface area (Å²) in [6, 6.07) is -0.672. The largest absolute Gasteiger partial charge is 0.458 e. The standard InChI is InChI=1S/C12H22N2O3/c1-5-9(11(16)17-12(2,3)4)14-7-8(13)6-10(14)15/h8-9H,5-7,13H2,1-4H3/t8?,9-/m1/s1. The number of amides is 1. The lowest BCUT2D eigenvalue weighted by atomic mass is 10.1. The molecular weight excluding hydrogens is 220 g/mol. The minimum absolute atomic E-state index is 0.0600. The number of rotatable bonds is 3. The minimum Gasteiger partial charge on any atom is -0.458 e. The van der Waals surface area contributed by atoms with E-state index in [4.69, 9.17) is 10.5 Å². The average Bonchev–Trinajstić information content (AvgIpc) is 2.43. The van der Waals surface area contributed by atoms with Gasteiger partial charge in [0, 0.05) is 19.0 Å². The lowest BCUT2D eigenvalue weighted by Crippen LogP contribution is -2.45. The van der Waals surface area contributed by atoms with E-state index in [2.05, 4.69) is 0 Å². The number of carbonyl (C=O) groups excluding carboxylic acids is 2. The number of esters is 1. The van der Waals surface area contributed by atoms with Crippen molar-refractivity contribution in [2.24, 2.45) is 5.73 Å². The van der Waals surface area contributed by atoms with Gasteiger partial charge in [-0.2, -0.15) is 0 Å². The van der Waals surface area contributed by atoms with Crippen LogP contribution in [0.2, 0.25) is 0 Å². The topological polar surface area (TPSA) is 72.6 Å². The fourth-order valence-corrected chi connectivity index (χ4v) is 1.95. The molecule has 17 heavy (non-hydrogen) atoms. The van der Waals surface area contributed by atoms with Crippen LogP contribution in [0.15, 0.2) is 0 Å². The fraction of sp³-hybridized carbons (Fsp3) is 0.833. The molecule has 1 saturated heterocycles. The van der Waals surface area contributed by atoms with Gasteiger partial charge in [-0.1, -0.05) is 6.92 Å². The first-order valence-corrected chi connectivity index (χ1v) is 6.02. The maximum Gasteiger partial charge on any atom is 0.329 e. The molecular formula is C12H22N2O3. The second-order valence-electron chi connectivity index (χ2n) is 5.47. The Morgan fingerprint density at radius 2 is 2.18 bits per heavy atom. The van der Waals surface area contributed by atoms with E-state index in [0.29, 0.717) is 19.4 Å². The van der Waals surface area contributed by atoms with Crippen molar-refractivity contribution in [2.75, 3.05) is 6.54 Å². The summed E-state index contributed by atoms with van der Waals surface area (Å²) in [6.07, 6.45) is 0.868. The molecule has 1 amide bonds. The maximum absolute atomic E-state index is 12.0. The van der Waals surface area contributed by atoms with Gasteiger partial charge in [0.2, 0.25) is 5.91 Å². The Hall–Kier alpha value is -1.10. The van der Waals surface area contributed by atoms with Crippen LogP contribution in [-0.4, -0.2) is 41.0 Å². The molecule has 1 aliphatic heterocycles. The highest BCUT2D eigenvalue weighted by molar-refractivity contribution is 5.86. The van der Waals surface area contributed by atoms with Gasteiger partial charge in [0.05, 0.1) is 0 Å². The SMILES string of the molecule is CC[C@H](C(=O)OC(C)(C)C)N1CC(N)CC1=O. The smallest absolute Gasteiger partial charge is 0.329 e. The maximum atomic E-state index is 12.0. The molecule has 2 N–H and O–H groups in total. The Balaban J connectivity index is 2.71. The van der Waals surface area contributed by atoms with Gasteiger partial charge in [0.1, 0.15) is 11.6 Å². The van der Waals surface area contributed by atoms with E-state index in [1.54, 1.807) is 4.90 Å². The molecule has 0 spiro atoms. The van der Waals surface area contributed by atoms with Gasteiger partial charge in [-0.15, -0.1) is 0 Å². The van der Waals surface area contributed by atoms with Crippen LogP contribution in [-0.2, 0) is 14.3 Å². The van der Waals surface area contributed by atoms with Crippen molar-refractivity contribution in [3.63, 3.8) is 0 Å². The van der Waals surface area contributed by atoms with E-state index in [1.165, 1.54) is 0 Å². The third kappa shape index (κ3) is 3.70. The highest BCUT2D eigenvalue weighted by Crippen LogP contribution is 2.18. The van der Waals surface area contributed by atoms with Crippen molar-refractivity contribution in [3.05, 3.63) is 0 Å². The second-order valence-corrected chi connectivity index (χ2v) is 5.47. The number of likely N-dealkylation sites (tertiary alicyclic amines) is 1. The quantitative estimate of drug-likeness (QED) is 0.738. The normalized spacial score (nSPS) is 22.8. The van der Waals surface area contributed by atoms with Gasteiger partial charge >= 0.3 is 5.97 Å². The predicted octanol–water partition coefficient (Wildman–Crippen LogP) is 0.666. The lowest BCUT2D eigenvalue weighted by molar-refractivity contribution is -0.163. The molecule has 0 radical (unpaired) electrons. The van der Waals surface area contributed by atoms with Gasteiger partial charge in [-0.05, 0) is 27.2 Å². The fourth-order valence-electron chi connectivity index (χ4n) is 1.95. The Morgan fingerprint density at radius 1 is 1.59 bits per heavy atom. The van der Waals surface area contributed by atoms with E-state index in [-0.39, 0.29) is 17.9 Å². The summed E-state index contributed by atoms with van der Waals surface area (Å²) < 4.78 is 5.31. The molecule has 98 valence electrons. The van der Waals surface area contributed by atoms with Crippen molar-refractivity contribution >= 4 is 11.9 Å². The van der Waals surface area contributed by atoms with Crippen molar-refractivity contribution in [1.29, 1.82) is 0 Å². The zero-order valence-corrected chi connectivity index (χ0v) is 11.0. The zero-order chi connectivity index (χ0) is 13.2. The first-order valence-electron chi connectivity index (χ1n) is 6.02. The molecule has 1 fully saturated rings. The van der Waals surface area contributed by atoms with Crippen molar-refractivity contribution in [1.82, 2.24) is 4.90 Å². The van der Waals surface area contributed by atoms with Crippen LogP contribution in [0.25, 0.3) is 0 Å². The Labute approximate surface area is 102 Å². The molecule has 1 aliphatic rings. The summed E-state index contributed by atoms with van der Waals surface area (Å²) >= 11 is 0. The van der Waals surface area contributed by atoms with Crippen molar-refractivity contribution < 1.29 is 14.3 Å². The highest BCUT2D eigenvalue weighted by Gasteiger charge is 2.37. The summed E-state index contributed by atoms with van der Waals surface area (Å²) in [7, 11) is 0. The van der Waals surface area contributed by atoms with Gasteiger partial charge < -0.3 is 15.4 Å². The number of hydrogen-bond acceptors (Lipinski definition) is 4. The molecule has 0 saturated carbocycles. The molecule has 0 aromatic carbocycles. The van der Waals surface area contributed by atoms with Gasteiger partial charge in [-0.3, -0.25) is 4.79 Å². The number of ether oxygens (including phenoxy) is 1. The molecule has 1 rings (SSSR count). The van der Waals surface area contributed by atoms with E-state index >= 15 is 0 Å². The first kappa shape index (κ1) is 14.0. The van der Waals surface area contributed by atoms with Crippen molar-refractivity contribution in [2.45, 2.75) is 58.2 Å². The first-order chi connectivity index (χ1) is 7.74. The van der Waals surface area contributed by atoms with E-state index in [0.717, 1.165) is 0 Å². The molecule has 1 unspecified atom stereocenters. The number of carbonyl (C=O) groups is 2. The molecule has 1 heterocycles. The molecule has 0 bridgehead atoms. The third-order valence-electron chi connectivity index (χ3n) is 2.63. The third-order valence-corrected chi connectivity index (χ3v) is 2.63. The van der Waals surface area contributed by atoms with Gasteiger partial charge in [-0.25, -0.2) is 4.79 Å². The van der Waals surface area contributed by atoms with Gasteiger partial charge in [0.25, 0.3) is 0 Å². The average molecular weight is 242 g/mol. The summed E-state index contributed by atoms with van der Waals surface area (Å²) in [4.78, 5) is 25.2. The number of nitrogens with two attached hydrogens (primary N) is 1. The van der Waals surface area contributed by atoms with Crippen LogP contribution >= 0.6 is 0 Å². The molecule has 5 heteroatoms. The van der Waals surface area contributed by atoms with Crippen LogP contribution in [0.1, 0.15) is 40.5 Å². The molecule has 0 aliphatic carbocycles. The summed E-state index contributed by atoms with van der Waals surface area (Å²) in [5.41, 5.74) is 5.19. The molecule has 0 aromatic heterocycles.